The van der Waals surface area contributed by atoms with E-state index in [1.807, 2.05) is 0 Å². The highest BCUT2D eigenvalue weighted by atomic mass is 19.4. The van der Waals surface area contributed by atoms with Crippen molar-refractivity contribution in [1.29, 1.82) is 0 Å². The molecule has 0 bridgehead atoms. The number of hydrogen-bond acceptors (Lipinski definition) is 2. The summed E-state index contributed by atoms with van der Waals surface area (Å²) in [6.07, 6.45) is -4.38. The Kier molecular flexibility index (Phi) is 3.28. The number of ketones is 1. The number of allylic oxidation sites excluding steroid dienone is 1. The minimum atomic E-state index is -4.38. The average molecular weight is 303 g/mol. The summed E-state index contributed by atoms with van der Waals surface area (Å²) in [5.74, 6) is -0.192. The summed E-state index contributed by atoms with van der Waals surface area (Å²) in [5, 5.41) is 0. The van der Waals surface area contributed by atoms with Gasteiger partial charge in [0.2, 0.25) is 5.78 Å². The molecule has 0 spiro atoms. The number of fused-ring (bicyclic) bond motifs is 1. The highest BCUT2D eigenvalue weighted by Crippen LogP contribution is 2.35. The van der Waals surface area contributed by atoms with Crippen molar-refractivity contribution in [3.05, 3.63) is 77.5 Å². The maximum Gasteiger partial charge on any atom is 0.416 e. The summed E-state index contributed by atoms with van der Waals surface area (Å²) < 4.78 is 38.3. The first-order chi connectivity index (χ1) is 10.4. The molecule has 0 radical (unpaired) electrons. The number of nitrogens with zero attached hydrogens (tertiary/aromatic N) is 1. The van der Waals surface area contributed by atoms with Crippen LogP contribution in [-0.4, -0.2) is 5.78 Å². The van der Waals surface area contributed by atoms with E-state index < -0.39 is 11.7 Å². The molecule has 0 aliphatic carbocycles. The summed E-state index contributed by atoms with van der Waals surface area (Å²) in [6, 6.07) is 12.1. The van der Waals surface area contributed by atoms with Gasteiger partial charge in [-0.15, -0.1) is 0 Å². The molecule has 112 valence electrons. The Morgan fingerprint density at radius 2 is 1.77 bits per heavy atom. The van der Waals surface area contributed by atoms with Crippen LogP contribution in [0.2, 0.25) is 0 Å². The van der Waals surface area contributed by atoms with Gasteiger partial charge in [-0.05, 0) is 29.8 Å². The van der Waals surface area contributed by atoms with E-state index >= 15 is 0 Å². The number of carbonyl (C=O) groups excluding carboxylic acids is 1. The molecule has 2 aromatic rings. The summed E-state index contributed by atoms with van der Waals surface area (Å²) in [7, 11) is 0. The maximum atomic E-state index is 12.8. The first kappa shape index (κ1) is 14.4. The number of anilines is 1. The topological polar surface area (TPSA) is 20.3 Å². The zero-order chi connectivity index (χ0) is 15.9. The number of para-hydroxylation sites is 1. The van der Waals surface area contributed by atoms with Crippen molar-refractivity contribution in [3.8, 4) is 0 Å². The zero-order valence-electron chi connectivity index (χ0n) is 11.5. The molecular formula is C17H12F3NO. The van der Waals surface area contributed by atoms with E-state index in [4.69, 9.17) is 0 Å². The van der Waals surface area contributed by atoms with E-state index in [0.29, 0.717) is 16.8 Å². The number of alkyl halides is 3. The van der Waals surface area contributed by atoms with Gasteiger partial charge in [-0.25, -0.2) is 0 Å². The van der Waals surface area contributed by atoms with Crippen molar-refractivity contribution in [3.63, 3.8) is 0 Å². The number of benzene rings is 2. The summed E-state index contributed by atoms with van der Waals surface area (Å²) in [6.45, 7) is 3.92. The van der Waals surface area contributed by atoms with Crippen LogP contribution in [0.4, 0.5) is 18.9 Å². The summed E-state index contributed by atoms with van der Waals surface area (Å²) in [5.41, 5.74) is 1.25. The Bertz CT molecular complexity index is 764. The summed E-state index contributed by atoms with van der Waals surface area (Å²) in [4.78, 5) is 13.7. The highest BCUT2D eigenvalue weighted by Gasteiger charge is 2.32. The van der Waals surface area contributed by atoms with Gasteiger partial charge in [0.05, 0.1) is 16.9 Å². The monoisotopic (exact) mass is 303 g/mol. The van der Waals surface area contributed by atoms with Crippen molar-refractivity contribution < 1.29 is 18.0 Å². The number of carbonyl (C=O) groups is 1. The molecule has 2 nitrogen and oxygen atoms in total. The molecule has 3 rings (SSSR count). The third-order valence-corrected chi connectivity index (χ3v) is 3.62. The Balaban J connectivity index is 1.94. The maximum absolute atomic E-state index is 12.8. The van der Waals surface area contributed by atoms with Gasteiger partial charge in [0.25, 0.3) is 0 Å². The number of hydrogen-bond donors (Lipinski definition) is 0. The number of Topliss-reactive ketones (excluding diaryl/α,β-unsaturated/α-hetero) is 1. The lowest BCUT2D eigenvalue weighted by molar-refractivity contribution is -0.137. The minimum Gasteiger partial charge on any atom is -0.334 e. The Labute approximate surface area is 125 Å². The van der Waals surface area contributed by atoms with Gasteiger partial charge in [-0.2, -0.15) is 13.2 Å². The molecule has 0 aromatic heterocycles. The fourth-order valence-corrected chi connectivity index (χ4v) is 2.53. The van der Waals surface area contributed by atoms with Gasteiger partial charge in [-0.3, -0.25) is 4.79 Å². The molecule has 1 aliphatic rings. The van der Waals surface area contributed by atoms with E-state index in [1.54, 1.807) is 35.2 Å². The second-order valence-electron chi connectivity index (χ2n) is 5.08. The molecule has 0 saturated heterocycles. The van der Waals surface area contributed by atoms with Crippen LogP contribution in [0.25, 0.3) is 0 Å². The molecule has 0 fully saturated rings. The standard InChI is InChI=1S/C17H12F3NO/c1-11-16(22)14-7-2-3-8-15(14)21(11)10-12-5-4-6-13(9-12)17(18,19)20/h2-9H,1,10H2. The largest absolute Gasteiger partial charge is 0.416 e. The Morgan fingerprint density at radius 1 is 1.05 bits per heavy atom. The van der Waals surface area contributed by atoms with Gasteiger partial charge >= 0.3 is 6.18 Å². The van der Waals surface area contributed by atoms with Crippen molar-refractivity contribution in [1.82, 2.24) is 0 Å². The van der Waals surface area contributed by atoms with E-state index in [9.17, 15) is 18.0 Å². The predicted molar refractivity (Wildman–Crippen MR) is 77.5 cm³/mol. The fraction of sp³-hybridized carbons (Fsp3) is 0.118. The highest BCUT2D eigenvalue weighted by molar-refractivity contribution is 6.18. The van der Waals surface area contributed by atoms with E-state index in [-0.39, 0.29) is 18.0 Å². The molecule has 1 aliphatic heterocycles. The molecule has 0 N–H and O–H groups in total. The molecule has 0 saturated carbocycles. The number of halogens is 3. The van der Waals surface area contributed by atoms with Gasteiger partial charge < -0.3 is 4.90 Å². The molecule has 22 heavy (non-hydrogen) atoms. The van der Waals surface area contributed by atoms with Crippen LogP contribution < -0.4 is 4.90 Å². The Hall–Kier alpha value is -2.56. The molecule has 0 amide bonds. The molecular weight excluding hydrogens is 291 g/mol. The summed E-state index contributed by atoms with van der Waals surface area (Å²) >= 11 is 0. The van der Waals surface area contributed by atoms with Crippen LogP contribution in [0.15, 0.2) is 60.8 Å². The molecule has 0 atom stereocenters. The number of rotatable bonds is 2. The van der Waals surface area contributed by atoms with E-state index in [2.05, 4.69) is 6.58 Å². The van der Waals surface area contributed by atoms with Gasteiger partial charge in [-0.1, -0.05) is 30.8 Å². The minimum absolute atomic E-state index is 0.172. The van der Waals surface area contributed by atoms with Crippen LogP contribution in [0.3, 0.4) is 0 Å². The lowest BCUT2D eigenvalue weighted by Gasteiger charge is -2.20. The lowest BCUT2D eigenvalue weighted by atomic mass is 10.1. The van der Waals surface area contributed by atoms with Crippen molar-refractivity contribution in [2.75, 3.05) is 4.90 Å². The first-order valence-corrected chi connectivity index (χ1v) is 6.64. The van der Waals surface area contributed by atoms with Crippen LogP contribution in [0.5, 0.6) is 0 Å². The predicted octanol–water partition coefficient (Wildman–Crippen LogP) is 4.42. The zero-order valence-corrected chi connectivity index (χ0v) is 11.5. The van der Waals surface area contributed by atoms with Gasteiger partial charge in [0.1, 0.15) is 0 Å². The third kappa shape index (κ3) is 2.39. The van der Waals surface area contributed by atoms with Crippen LogP contribution in [0, 0.1) is 0 Å². The second-order valence-corrected chi connectivity index (χ2v) is 5.08. The fourth-order valence-electron chi connectivity index (χ4n) is 2.53. The molecule has 1 heterocycles. The third-order valence-electron chi connectivity index (χ3n) is 3.62. The van der Waals surface area contributed by atoms with E-state index in [1.165, 1.54) is 6.07 Å². The van der Waals surface area contributed by atoms with Gasteiger partial charge in [0.15, 0.2) is 0 Å². The first-order valence-electron chi connectivity index (χ1n) is 6.64. The van der Waals surface area contributed by atoms with Crippen LogP contribution >= 0.6 is 0 Å². The van der Waals surface area contributed by atoms with Gasteiger partial charge in [0, 0.05) is 12.1 Å². The second kappa shape index (κ2) is 5.02. The van der Waals surface area contributed by atoms with E-state index in [0.717, 1.165) is 12.1 Å². The molecule has 0 unspecified atom stereocenters. The average Bonchev–Trinajstić information content (AvgIpc) is 2.72. The van der Waals surface area contributed by atoms with Crippen LogP contribution in [-0.2, 0) is 12.7 Å². The molecule has 5 heteroatoms. The quantitative estimate of drug-likeness (QED) is 0.765. The Morgan fingerprint density at radius 3 is 2.50 bits per heavy atom. The lowest BCUT2D eigenvalue weighted by Crippen LogP contribution is -2.19. The smallest absolute Gasteiger partial charge is 0.334 e. The van der Waals surface area contributed by atoms with Crippen molar-refractivity contribution in [2.45, 2.75) is 12.7 Å². The molecule has 2 aromatic carbocycles. The normalized spacial score (nSPS) is 14.4. The van der Waals surface area contributed by atoms with Crippen molar-refractivity contribution >= 4 is 11.5 Å². The van der Waals surface area contributed by atoms with Crippen molar-refractivity contribution in [2.24, 2.45) is 0 Å². The van der Waals surface area contributed by atoms with Crippen LogP contribution in [0.1, 0.15) is 21.5 Å². The SMILES string of the molecule is C=C1C(=O)c2ccccc2N1Cc1cccc(C(F)(F)F)c1.